The lowest BCUT2D eigenvalue weighted by Crippen LogP contribution is -2.35. The van der Waals surface area contributed by atoms with Crippen molar-refractivity contribution < 1.29 is 9.53 Å². The van der Waals surface area contributed by atoms with Crippen LogP contribution >= 0.6 is 11.8 Å². The van der Waals surface area contributed by atoms with Crippen molar-refractivity contribution in [3.05, 3.63) is 0 Å². The zero-order valence-electron chi connectivity index (χ0n) is 8.91. The van der Waals surface area contributed by atoms with Crippen molar-refractivity contribution in [2.75, 3.05) is 19.9 Å². The van der Waals surface area contributed by atoms with Gasteiger partial charge in [-0.05, 0) is 19.1 Å². The fraction of sp³-hybridized carbons (Fsp3) is 0.900. The molecule has 0 bridgehead atoms. The SMILES string of the molecule is COC(=O)CCNC1CCCC1SC. The first-order valence-corrected chi connectivity index (χ1v) is 6.39. The highest BCUT2D eigenvalue weighted by Gasteiger charge is 2.25. The number of carbonyl (C=O) groups excluding carboxylic acids is 1. The number of carbonyl (C=O) groups is 1. The minimum atomic E-state index is -0.129. The molecule has 0 amide bonds. The Kier molecular flexibility index (Phi) is 5.33. The highest BCUT2D eigenvalue weighted by Crippen LogP contribution is 2.28. The average molecular weight is 217 g/mol. The third-order valence-corrected chi connectivity index (χ3v) is 3.89. The number of esters is 1. The number of ether oxygens (including phenoxy) is 1. The van der Waals surface area contributed by atoms with E-state index >= 15 is 0 Å². The lowest BCUT2D eigenvalue weighted by Gasteiger charge is -2.18. The Balaban J connectivity index is 2.14. The summed E-state index contributed by atoms with van der Waals surface area (Å²) in [4.78, 5) is 10.9. The topological polar surface area (TPSA) is 38.3 Å². The van der Waals surface area contributed by atoms with Crippen LogP contribution in [-0.4, -0.2) is 37.2 Å². The summed E-state index contributed by atoms with van der Waals surface area (Å²) in [6, 6.07) is 0.592. The van der Waals surface area contributed by atoms with Crippen LogP contribution in [0.25, 0.3) is 0 Å². The van der Waals surface area contributed by atoms with Crippen molar-refractivity contribution in [3.63, 3.8) is 0 Å². The van der Waals surface area contributed by atoms with Crippen molar-refractivity contribution in [1.82, 2.24) is 5.32 Å². The second kappa shape index (κ2) is 6.30. The molecule has 0 heterocycles. The number of rotatable bonds is 5. The number of thioether (sulfide) groups is 1. The lowest BCUT2D eigenvalue weighted by molar-refractivity contribution is -0.140. The Morgan fingerprint density at radius 1 is 1.57 bits per heavy atom. The minimum Gasteiger partial charge on any atom is -0.469 e. The fourth-order valence-corrected chi connectivity index (χ4v) is 2.87. The molecular formula is C10H19NO2S. The summed E-state index contributed by atoms with van der Waals surface area (Å²) >= 11 is 1.93. The summed E-state index contributed by atoms with van der Waals surface area (Å²) in [6.07, 6.45) is 6.49. The molecule has 0 aliphatic heterocycles. The minimum absolute atomic E-state index is 0.129. The molecule has 0 aromatic heterocycles. The molecule has 14 heavy (non-hydrogen) atoms. The van der Waals surface area contributed by atoms with Gasteiger partial charge < -0.3 is 10.1 Å². The van der Waals surface area contributed by atoms with Gasteiger partial charge in [-0.3, -0.25) is 4.79 Å². The number of nitrogens with one attached hydrogen (secondary N) is 1. The molecule has 1 N–H and O–H groups in total. The van der Waals surface area contributed by atoms with Crippen LogP contribution in [0.15, 0.2) is 0 Å². The number of methoxy groups -OCH3 is 1. The van der Waals surface area contributed by atoms with Crippen LogP contribution in [0.3, 0.4) is 0 Å². The van der Waals surface area contributed by atoms with Gasteiger partial charge in [0.1, 0.15) is 0 Å². The Bertz CT molecular complexity index is 187. The fourth-order valence-electron chi connectivity index (χ4n) is 1.90. The summed E-state index contributed by atoms with van der Waals surface area (Å²) in [7, 11) is 1.43. The molecule has 2 unspecified atom stereocenters. The molecule has 1 saturated carbocycles. The van der Waals surface area contributed by atoms with E-state index in [1.54, 1.807) is 0 Å². The van der Waals surface area contributed by atoms with Gasteiger partial charge in [0.15, 0.2) is 0 Å². The van der Waals surface area contributed by atoms with Crippen LogP contribution in [0, 0.1) is 0 Å². The van der Waals surface area contributed by atoms with E-state index in [0.29, 0.717) is 12.5 Å². The normalized spacial score (nSPS) is 26.4. The predicted octanol–water partition coefficient (Wildman–Crippen LogP) is 1.42. The van der Waals surface area contributed by atoms with E-state index in [4.69, 9.17) is 0 Å². The first kappa shape index (κ1) is 11.9. The highest BCUT2D eigenvalue weighted by molar-refractivity contribution is 7.99. The molecule has 1 fully saturated rings. The van der Waals surface area contributed by atoms with Crippen molar-refractivity contribution in [2.24, 2.45) is 0 Å². The Morgan fingerprint density at radius 2 is 2.36 bits per heavy atom. The summed E-state index contributed by atoms with van der Waals surface area (Å²) in [5, 5.41) is 4.16. The summed E-state index contributed by atoms with van der Waals surface area (Å²) in [6.45, 7) is 0.744. The van der Waals surface area contributed by atoms with Gasteiger partial charge >= 0.3 is 5.97 Å². The van der Waals surface area contributed by atoms with Crippen molar-refractivity contribution in [2.45, 2.75) is 37.0 Å². The third kappa shape index (κ3) is 3.50. The van der Waals surface area contributed by atoms with Gasteiger partial charge in [0.25, 0.3) is 0 Å². The van der Waals surface area contributed by atoms with E-state index < -0.39 is 0 Å². The second-order valence-electron chi connectivity index (χ2n) is 3.59. The molecule has 1 rings (SSSR count). The van der Waals surface area contributed by atoms with Gasteiger partial charge in [0.2, 0.25) is 0 Å². The molecular weight excluding hydrogens is 198 g/mol. The van der Waals surface area contributed by atoms with Gasteiger partial charge in [-0.1, -0.05) is 6.42 Å². The van der Waals surface area contributed by atoms with E-state index in [9.17, 15) is 4.79 Å². The maximum absolute atomic E-state index is 10.9. The molecule has 1 aliphatic carbocycles. The predicted molar refractivity (Wildman–Crippen MR) is 59.6 cm³/mol. The van der Waals surface area contributed by atoms with Crippen molar-refractivity contribution in [3.8, 4) is 0 Å². The van der Waals surface area contributed by atoms with E-state index in [-0.39, 0.29) is 5.97 Å². The van der Waals surface area contributed by atoms with Crippen LogP contribution in [-0.2, 0) is 9.53 Å². The van der Waals surface area contributed by atoms with Crippen molar-refractivity contribution in [1.29, 1.82) is 0 Å². The van der Waals surface area contributed by atoms with Gasteiger partial charge in [0.05, 0.1) is 13.5 Å². The molecule has 0 spiro atoms. The summed E-state index contributed by atoms with van der Waals surface area (Å²) < 4.78 is 4.58. The van der Waals surface area contributed by atoms with Crippen LogP contribution in [0.5, 0.6) is 0 Å². The third-order valence-electron chi connectivity index (χ3n) is 2.72. The number of hydrogen-bond donors (Lipinski definition) is 1. The highest BCUT2D eigenvalue weighted by atomic mass is 32.2. The largest absolute Gasteiger partial charge is 0.469 e. The zero-order chi connectivity index (χ0) is 10.4. The maximum Gasteiger partial charge on any atom is 0.306 e. The van der Waals surface area contributed by atoms with Crippen LogP contribution in [0.2, 0.25) is 0 Å². The van der Waals surface area contributed by atoms with E-state index in [1.807, 2.05) is 11.8 Å². The molecule has 0 saturated heterocycles. The van der Waals surface area contributed by atoms with Gasteiger partial charge in [0, 0.05) is 17.8 Å². The second-order valence-corrected chi connectivity index (χ2v) is 4.67. The number of hydrogen-bond acceptors (Lipinski definition) is 4. The standard InChI is InChI=1S/C10H19NO2S/c1-13-10(12)6-7-11-8-4-3-5-9(8)14-2/h8-9,11H,3-7H2,1-2H3. The molecule has 0 radical (unpaired) electrons. The van der Waals surface area contributed by atoms with E-state index in [2.05, 4.69) is 16.3 Å². The quantitative estimate of drug-likeness (QED) is 0.707. The van der Waals surface area contributed by atoms with Crippen LogP contribution < -0.4 is 5.32 Å². The average Bonchev–Trinajstić information content (AvgIpc) is 2.65. The van der Waals surface area contributed by atoms with Crippen molar-refractivity contribution >= 4 is 17.7 Å². The maximum atomic E-state index is 10.9. The van der Waals surface area contributed by atoms with E-state index in [1.165, 1.54) is 26.4 Å². The van der Waals surface area contributed by atoms with Gasteiger partial charge in [-0.2, -0.15) is 11.8 Å². The molecule has 82 valence electrons. The molecule has 1 aliphatic rings. The zero-order valence-corrected chi connectivity index (χ0v) is 9.73. The van der Waals surface area contributed by atoms with Gasteiger partial charge in [-0.15, -0.1) is 0 Å². The molecule has 3 nitrogen and oxygen atoms in total. The van der Waals surface area contributed by atoms with Crippen LogP contribution in [0.4, 0.5) is 0 Å². The monoisotopic (exact) mass is 217 g/mol. The molecule has 0 aromatic carbocycles. The first-order valence-electron chi connectivity index (χ1n) is 5.11. The first-order chi connectivity index (χ1) is 6.77. The molecule has 2 atom stereocenters. The summed E-state index contributed by atoms with van der Waals surface area (Å²) in [5.74, 6) is -0.129. The van der Waals surface area contributed by atoms with E-state index in [0.717, 1.165) is 11.8 Å². The smallest absolute Gasteiger partial charge is 0.306 e. The van der Waals surface area contributed by atoms with Gasteiger partial charge in [-0.25, -0.2) is 0 Å². The van der Waals surface area contributed by atoms with Crippen LogP contribution in [0.1, 0.15) is 25.7 Å². The lowest BCUT2D eigenvalue weighted by atomic mass is 10.2. The summed E-state index contributed by atoms with van der Waals surface area (Å²) in [5.41, 5.74) is 0. The Labute approximate surface area is 90.0 Å². The molecule has 0 aromatic rings. The molecule has 4 heteroatoms. The Hall–Kier alpha value is -0.220. The Morgan fingerprint density at radius 3 is 3.00 bits per heavy atom.